The molecule has 0 fully saturated rings. The van der Waals surface area contributed by atoms with E-state index >= 15 is 0 Å². The minimum atomic E-state index is -0.325. The molecular formula is C19H19N5O3S. The Balaban J connectivity index is 1.95. The van der Waals surface area contributed by atoms with E-state index in [1.165, 1.54) is 9.08 Å². The van der Waals surface area contributed by atoms with Crippen molar-refractivity contribution in [2.24, 2.45) is 0 Å². The Morgan fingerprint density at radius 2 is 1.96 bits per heavy atom. The number of fused-ring (bicyclic) bond motifs is 2. The van der Waals surface area contributed by atoms with Gasteiger partial charge >= 0.3 is 5.69 Å². The summed E-state index contributed by atoms with van der Waals surface area (Å²) < 4.78 is 15.5. The van der Waals surface area contributed by atoms with Crippen LogP contribution in [0.4, 0.5) is 0 Å². The molecule has 0 bridgehead atoms. The largest absolute Gasteiger partial charge is 0.377 e. The van der Waals surface area contributed by atoms with Crippen LogP contribution in [0.2, 0.25) is 0 Å². The first-order valence-electron chi connectivity index (χ1n) is 8.72. The van der Waals surface area contributed by atoms with E-state index in [2.05, 4.69) is 16.7 Å². The van der Waals surface area contributed by atoms with Gasteiger partial charge in [-0.15, -0.1) is 5.10 Å². The van der Waals surface area contributed by atoms with E-state index < -0.39 is 0 Å². The van der Waals surface area contributed by atoms with Gasteiger partial charge in [-0.1, -0.05) is 12.6 Å². The number of imidazole rings is 1. The third-order valence-electron chi connectivity index (χ3n) is 4.19. The second-order valence-electron chi connectivity index (χ2n) is 6.35. The molecule has 0 N–H and O–H groups in total. The van der Waals surface area contributed by atoms with Crippen LogP contribution in [0.15, 0.2) is 48.0 Å². The van der Waals surface area contributed by atoms with Crippen LogP contribution < -0.4 is 9.87 Å². The first-order valence-corrected chi connectivity index (χ1v) is 9.39. The third kappa shape index (κ3) is 3.08. The summed E-state index contributed by atoms with van der Waals surface area (Å²) in [6.07, 6.45) is 3.60. The summed E-state index contributed by atoms with van der Waals surface area (Å²) in [5.41, 5.74) is 3.61. The van der Waals surface area contributed by atoms with Gasteiger partial charge in [0.2, 0.25) is 18.1 Å². The van der Waals surface area contributed by atoms with E-state index in [1.807, 2.05) is 45.2 Å². The molecule has 8 nitrogen and oxygen atoms in total. The molecule has 0 aliphatic heterocycles. The lowest BCUT2D eigenvalue weighted by Crippen LogP contribution is -2.20. The number of rotatable bonds is 6. The van der Waals surface area contributed by atoms with E-state index in [0.29, 0.717) is 23.8 Å². The maximum Gasteiger partial charge on any atom is 0.356 e. The fourth-order valence-corrected chi connectivity index (χ4v) is 3.17. The summed E-state index contributed by atoms with van der Waals surface area (Å²) in [5.74, 6) is 0.635. The molecule has 4 aromatic heterocycles. The maximum absolute atomic E-state index is 12.9. The average Bonchev–Trinajstić information content (AvgIpc) is 3.19. The van der Waals surface area contributed by atoms with Crippen molar-refractivity contribution in [1.82, 2.24) is 23.6 Å². The summed E-state index contributed by atoms with van der Waals surface area (Å²) in [4.78, 5) is 17.5. The molecule has 0 saturated carbocycles. The van der Waals surface area contributed by atoms with E-state index in [-0.39, 0.29) is 11.5 Å². The molecule has 0 saturated heterocycles. The Morgan fingerprint density at radius 1 is 1.18 bits per heavy atom. The van der Waals surface area contributed by atoms with Gasteiger partial charge in [0, 0.05) is 12.4 Å². The van der Waals surface area contributed by atoms with Gasteiger partial charge in [0.15, 0.2) is 5.65 Å². The number of nitrogens with zero attached hydrogens (tertiary/aromatic N) is 5. The zero-order chi connectivity index (χ0) is 19.8. The highest BCUT2D eigenvalue weighted by Crippen LogP contribution is 2.28. The van der Waals surface area contributed by atoms with Gasteiger partial charge in [0.25, 0.3) is 5.88 Å². The van der Waals surface area contributed by atoms with Crippen LogP contribution in [-0.4, -0.2) is 30.2 Å². The zero-order valence-electron chi connectivity index (χ0n) is 15.7. The number of allylic oxidation sites excluding steroid dienone is 1. The van der Waals surface area contributed by atoms with Crippen LogP contribution in [0.25, 0.3) is 22.7 Å². The van der Waals surface area contributed by atoms with Crippen LogP contribution >= 0.6 is 12.3 Å². The molecule has 4 aromatic rings. The molecule has 0 aliphatic carbocycles. The maximum atomic E-state index is 12.9. The number of hydrogen-bond donors (Lipinski definition) is 0. The first-order chi connectivity index (χ1) is 13.5. The minimum Gasteiger partial charge on any atom is -0.377 e. The van der Waals surface area contributed by atoms with Gasteiger partial charge in [-0.3, -0.25) is 8.58 Å². The van der Waals surface area contributed by atoms with Crippen LogP contribution in [-0.2, 0) is 4.18 Å². The van der Waals surface area contributed by atoms with Crippen molar-refractivity contribution in [2.75, 3.05) is 6.61 Å². The van der Waals surface area contributed by atoms with Crippen molar-refractivity contribution in [1.29, 1.82) is 0 Å². The Morgan fingerprint density at radius 3 is 2.71 bits per heavy atom. The summed E-state index contributed by atoms with van der Waals surface area (Å²) in [6.45, 7) is 10.1. The standard InChI is InChI=1S/C19H19N5O3S/c1-5-26-28-27-18-17(20-15-9-7-14(12(2)3)11-22(15)18)24-19(25)23-10-13(4)6-8-16(23)21-24/h6-11H,2,5H2,1,3-4H3. The SMILES string of the molecule is C=C(C)c1ccc2nc(-n3nc4ccc(C)cn4c3=O)c(OSOCC)n2c1. The predicted octanol–water partition coefficient (Wildman–Crippen LogP) is 3.45. The summed E-state index contributed by atoms with van der Waals surface area (Å²) in [5, 5.41) is 4.41. The lowest BCUT2D eigenvalue weighted by Gasteiger charge is -2.06. The molecule has 0 unspecified atom stereocenters. The predicted molar refractivity (Wildman–Crippen MR) is 109 cm³/mol. The van der Waals surface area contributed by atoms with Gasteiger partial charge < -0.3 is 4.18 Å². The lowest BCUT2D eigenvalue weighted by atomic mass is 10.1. The molecule has 144 valence electrons. The average molecular weight is 397 g/mol. The molecule has 0 amide bonds. The van der Waals surface area contributed by atoms with Gasteiger partial charge in [0.1, 0.15) is 5.65 Å². The number of hydrogen-bond acceptors (Lipinski definition) is 6. The second kappa shape index (κ2) is 7.17. The molecule has 28 heavy (non-hydrogen) atoms. The van der Waals surface area contributed by atoms with Crippen molar-refractivity contribution in [3.63, 3.8) is 0 Å². The van der Waals surface area contributed by atoms with Crippen LogP contribution in [0, 0.1) is 6.92 Å². The van der Waals surface area contributed by atoms with Crippen molar-refractivity contribution in [2.45, 2.75) is 20.8 Å². The minimum absolute atomic E-state index is 0.289. The first kappa shape index (κ1) is 18.3. The molecule has 9 heteroatoms. The number of aromatic nitrogens is 5. The molecule has 0 aromatic carbocycles. The van der Waals surface area contributed by atoms with Crippen LogP contribution in [0.1, 0.15) is 25.0 Å². The number of pyridine rings is 2. The highest BCUT2D eigenvalue weighted by Gasteiger charge is 2.21. The normalized spacial score (nSPS) is 11.4. The molecule has 0 spiro atoms. The highest BCUT2D eigenvalue weighted by molar-refractivity contribution is 7.90. The van der Waals surface area contributed by atoms with Crippen molar-refractivity contribution < 1.29 is 8.37 Å². The molecule has 0 atom stereocenters. The van der Waals surface area contributed by atoms with E-state index in [4.69, 9.17) is 8.37 Å². The van der Waals surface area contributed by atoms with Gasteiger partial charge in [-0.25, -0.2) is 14.2 Å². The van der Waals surface area contributed by atoms with E-state index in [0.717, 1.165) is 29.0 Å². The Kier molecular flexibility index (Phi) is 4.70. The molecule has 0 radical (unpaired) electrons. The third-order valence-corrected chi connectivity index (χ3v) is 4.75. The van der Waals surface area contributed by atoms with E-state index in [9.17, 15) is 4.79 Å². The summed E-state index contributed by atoms with van der Waals surface area (Å²) >= 11 is 0.831. The van der Waals surface area contributed by atoms with Crippen molar-refractivity contribution in [3.8, 4) is 11.7 Å². The highest BCUT2D eigenvalue weighted by atomic mass is 32.2. The molecule has 4 rings (SSSR count). The van der Waals surface area contributed by atoms with Gasteiger partial charge in [-0.2, -0.15) is 4.68 Å². The molecule has 4 heterocycles. The summed E-state index contributed by atoms with van der Waals surface area (Å²) in [6, 6.07) is 7.45. The Labute approximate surface area is 165 Å². The fourth-order valence-electron chi connectivity index (χ4n) is 2.80. The van der Waals surface area contributed by atoms with Gasteiger partial charge in [0.05, 0.1) is 6.61 Å². The zero-order valence-corrected chi connectivity index (χ0v) is 16.6. The fraction of sp³-hybridized carbons (Fsp3) is 0.211. The smallest absolute Gasteiger partial charge is 0.356 e. The summed E-state index contributed by atoms with van der Waals surface area (Å²) in [7, 11) is 0. The van der Waals surface area contributed by atoms with Crippen molar-refractivity contribution >= 4 is 29.2 Å². The number of aryl methyl sites for hydroxylation is 1. The second-order valence-corrected chi connectivity index (χ2v) is 6.89. The quantitative estimate of drug-likeness (QED) is 0.366. The lowest BCUT2D eigenvalue weighted by molar-refractivity contribution is 0.366. The topological polar surface area (TPSA) is 75.1 Å². The molecular weight excluding hydrogens is 378 g/mol. The Bertz CT molecular complexity index is 1250. The Hall–Kier alpha value is -3.04. The van der Waals surface area contributed by atoms with Crippen LogP contribution in [0.3, 0.4) is 0 Å². The van der Waals surface area contributed by atoms with Crippen LogP contribution in [0.5, 0.6) is 5.88 Å². The monoisotopic (exact) mass is 397 g/mol. The molecule has 0 aliphatic rings. The van der Waals surface area contributed by atoms with Crippen molar-refractivity contribution in [3.05, 3.63) is 64.8 Å². The van der Waals surface area contributed by atoms with Gasteiger partial charge in [-0.05, 0) is 55.7 Å². The van der Waals surface area contributed by atoms with E-state index in [1.54, 1.807) is 16.7 Å².